The highest BCUT2D eigenvalue weighted by atomic mass is 31.2. The Morgan fingerprint density at radius 1 is 1.29 bits per heavy atom. The molecular weight excluding hydrogens is 337 g/mol. The standard InChI is InChI=1S/C14H30N3O6P/c1-16(2)7-8-17(3,4)13(10-16)14(18)15-9-12(21-5)11-23-24(19,20)22-6/h12-13H,7-11H2,1-6H3/p+2. The van der Waals surface area contributed by atoms with E-state index in [1.165, 1.54) is 7.11 Å². The van der Waals surface area contributed by atoms with E-state index in [0.29, 0.717) is 4.48 Å². The molecule has 24 heavy (non-hydrogen) atoms. The van der Waals surface area contributed by atoms with E-state index in [0.717, 1.165) is 31.2 Å². The number of hydrogen-bond acceptors (Lipinski definition) is 5. The lowest BCUT2D eigenvalue weighted by atomic mass is 10.1. The van der Waals surface area contributed by atoms with Crippen LogP contribution in [0.1, 0.15) is 0 Å². The predicted octanol–water partition coefficient (Wildman–Crippen LogP) is -0.584. The highest BCUT2D eigenvalue weighted by molar-refractivity contribution is 7.47. The van der Waals surface area contributed by atoms with Crippen LogP contribution < -0.4 is 5.32 Å². The Labute approximate surface area is 144 Å². The molecule has 0 aliphatic carbocycles. The summed E-state index contributed by atoms with van der Waals surface area (Å²) >= 11 is 0. The minimum absolute atomic E-state index is 0.0492. The molecule has 10 heteroatoms. The molecule has 1 rings (SSSR count). The fraction of sp³-hybridized carbons (Fsp3) is 0.929. The third-order valence-corrected chi connectivity index (χ3v) is 5.52. The molecule has 0 bridgehead atoms. The first-order valence-electron chi connectivity index (χ1n) is 7.91. The number of hydrogen-bond donors (Lipinski definition) is 2. The number of methoxy groups -OCH3 is 1. The van der Waals surface area contributed by atoms with Crippen molar-refractivity contribution in [2.24, 2.45) is 0 Å². The highest BCUT2D eigenvalue weighted by Crippen LogP contribution is 2.41. The Kier molecular flexibility index (Phi) is 7.37. The molecule has 0 saturated carbocycles. The molecule has 1 heterocycles. The number of likely N-dealkylation sites (N-methyl/N-ethyl adjacent to an activating group) is 2. The van der Waals surface area contributed by atoms with Gasteiger partial charge in [-0.05, 0) is 0 Å². The number of quaternary nitrogens is 2. The Balaban J connectivity index is 2.57. The van der Waals surface area contributed by atoms with Crippen LogP contribution in [0.15, 0.2) is 0 Å². The molecule has 2 N–H and O–H groups in total. The fourth-order valence-corrected chi connectivity index (χ4v) is 3.10. The lowest BCUT2D eigenvalue weighted by Gasteiger charge is -2.46. The number of amides is 1. The molecule has 9 nitrogen and oxygen atoms in total. The van der Waals surface area contributed by atoms with Gasteiger partial charge in [0, 0.05) is 20.8 Å². The first-order chi connectivity index (χ1) is 10.9. The number of piperazine rings is 1. The van der Waals surface area contributed by atoms with E-state index in [1.807, 2.05) is 0 Å². The van der Waals surface area contributed by atoms with E-state index >= 15 is 0 Å². The summed E-state index contributed by atoms with van der Waals surface area (Å²) in [6.07, 6.45) is -0.536. The van der Waals surface area contributed by atoms with Crippen LogP contribution in [0.2, 0.25) is 0 Å². The molecule has 1 aliphatic rings. The Morgan fingerprint density at radius 3 is 2.46 bits per heavy atom. The van der Waals surface area contributed by atoms with E-state index in [4.69, 9.17) is 9.26 Å². The lowest BCUT2D eigenvalue weighted by Crippen LogP contribution is -2.70. The molecule has 0 spiro atoms. The number of nitrogens with one attached hydrogen (secondary N) is 1. The maximum absolute atomic E-state index is 12.6. The van der Waals surface area contributed by atoms with Crippen LogP contribution in [0.4, 0.5) is 0 Å². The monoisotopic (exact) mass is 369 g/mol. The molecule has 0 radical (unpaired) electrons. The fourth-order valence-electron chi connectivity index (χ4n) is 2.64. The SMILES string of the molecule is COC(CNC(=O)C1C[N+](C)(C)CC[N+]1(C)C)COP(=O)(O)OC. The molecular formula is C14H32N3O6P+2. The van der Waals surface area contributed by atoms with Crippen LogP contribution in [0.25, 0.3) is 0 Å². The summed E-state index contributed by atoms with van der Waals surface area (Å²) in [4.78, 5) is 21.9. The van der Waals surface area contributed by atoms with Gasteiger partial charge in [0.15, 0.2) is 0 Å². The van der Waals surface area contributed by atoms with Gasteiger partial charge in [0.2, 0.25) is 6.04 Å². The van der Waals surface area contributed by atoms with Crippen molar-refractivity contribution in [3.63, 3.8) is 0 Å². The van der Waals surface area contributed by atoms with Crippen molar-refractivity contribution < 1.29 is 37.0 Å². The van der Waals surface area contributed by atoms with Gasteiger partial charge >= 0.3 is 7.82 Å². The van der Waals surface area contributed by atoms with E-state index in [9.17, 15) is 14.3 Å². The largest absolute Gasteiger partial charge is 0.472 e. The van der Waals surface area contributed by atoms with E-state index in [1.54, 1.807) is 0 Å². The summed E-state index contributed by atoms with van der Waals surface area (Å²) in [6.45, 7) is 2.74. The average Bonchev–Trinajstić information content (AvgIpc) is 2.50. The second kappa shape index (κ2) is 8.23. The van der Waals surface area contributed by atoms with Gasteiger partial charge in [-0.15, -0.1) is 0 Å². The number of phosphoric acid groups is 1. The Bertz CT molecular complexity index is 485. The van der Waals surface area contributed by atoms with E-state index in [-0.39, 0.29) is 25.1 Å². The zero-order valence-electron chi connectivity index (χ0n) is 15.5. The maximum atomic E-state index is 12.6. The van der Waals surface area contributed by atoms with Gasteiger partial charge in [-0.1, -0.05) is 0 Å². The van der Waals surface area contributed by atoms with E-state index < -0.39 is 13.9 Å². The van der Waals surface area contributed by atoms with Crippen molar-refractivity contribution in [3.8, 4) is 0 Å². The van der Waals surface area contributed by atoms with Gasteiger partial charge in [0.1, 0.15) is 19.6 Å². The molecule has 1 fully saturated rings. The molecule has 142 valence electrons. The third-order valence-electron chi connectivity index (χ3n) is 4.59. The van der Waals surface area contributed by atoms with Crippen LogP contribution in [-0.2, 0) is 23.1 Å². The number of rotatable bonds is 8. The Hall–Kier alpha value is -0.540. The predicted molar refractivity (Wildman–Crippen MR) is 89.2 cm³/mol. The number of phosphoric ester groups is 1. The quantitative estimate of drug-likeness (QED) is 0.439. The Morgan fingerprint density at radius 2 is 1.92 bits per heavy atom. The second-order valence-corrected chi connectivity index (χ2v) is 8.97. The van der Waals surface area contributed by atoms with Gasteiger partial charge < -0.3 is 23.9 Å². The number of ether oxygens (including phenoxy) is 1. The number of nitrogens with zero attached hydrogens (tertiary/aromatic N) is 2. The zero-order chi connectivity index (χ0) is 18.6. The molecule has 3 unspecified atom stereocenters. The minimum Gasteiger partial charge on any atom is -0.377 e. The first-order valence-corrected chi connectivity index (χ1v) is 9.40. The van der Waals surface area contributed by atoms with Crippen molar-refractivity contribution in [3.05, 3.63) is 0 Å². The molecule has 3 atom stereocenters. The van der Waals surface area contributed by atoms with Gasteiger partial charge in [0.05, 0.1) is 40.9 Å². The molecule has 1 amide bonds. The van der Waals surface area contributed by atoms with Crippen LogP contribution in [-0.4, -0.2) is 107 Å². The maximum Gasteiger partial charge on any atom is 0.472 e. The van der Waals surface area contributed by atoms with Gasteiger partial charge in [-0.2, -0.15) is 0 Å². The van der Waals surface area contributed by atoms with Crippen molar-refractivity contribution in [1.82, 2.24) is 5.32 Å². The highest BCUT2D eigenvalue weighted by Gasteiger charge is 2.45. The normalized spacial score (nSPS) is 26.4. The number of carbonyl (C=O) groups is 1. The molecule has 0 aromatic carbocycles. The number of carbonyl (C=O) groups excluding carboxylic acids is 1. The molecule has 1 aliphatic heterocycles. The summed E-state index contributed by atoms with van der Waals surface area (Å²) in [6, 6.07) is -0.157. The summed E-state index contributed by atoms with van der Waals surface area (Å²) in [5.74, 6) is -0.0492. The topological polar surface area (TPSA) is 94.1 Å². The lowest BCUT2D eigenvalue weighted by molar-refractivity contribution is -1.01. The molecule has 1 saturated heterocycles. The van der Waals surface area contributed by atoms with Crippen LogP contribution in [0.5, 0.6) is 0 Å². The van der Waals surface area contributed by atoms with E-state index in [2.05, 4.69) is 38.0 Å². The third kappa shape index (κ3) is 6.40. The smallest absolute Gasteiger partial charge is 0.377 e. The molecule has 0 aromatic heterocycles. The van der Waals surface area contributed by atoms with Crippen LogP contribution in [0, 0.1) is 0 Å². The first kappa shape index (κ1) is 21.5. The van der Waals surface area contributed by atoms with Crippen molar-refractivity contribution >= 4 is 13.7 Å². The summed E-state index contributed by atoms with van der Waals surface area (Å²) in [7, 11) is 6.85. The van der Waals surface area contributed by atoms with Crippen molar-refractivity contribution in [1.29, 1.82) is 0 Å². The average molecular weight is 369 g/mol. The minimum atomic E-state index is -4.05. The summed E-state index contributed by atoms with van der Waals surface area (Å²) in [5, 5.41) is 2.87. The summed E-state index contributed by atoms with van der Waals surface area (Å²) < 4.78 is 27.1. The summed E-state index contributed by atoms with van der Waals surface area (Å²) in [5.41, 5.74) is 0. The van der Waals surface area contributed by atoms with Crippen molar-refractivity contribution in [2.45, 2.75) is 12.1 Å². The van der Waals surface area contributed by atoms with Crippen LogP contribution in [0.3, 0.4) is 0 Å². The van der Waals surface area contributed by atoms with Gasteiger partial charge in [-0.25, -0.2) is 4.57 Å². The van der Waals surface area contributed by atoms with Gasteiger partial charge in [-0.3, -0.25) is 13.8 Å². The van der Waals surface area contributed by atoms with Gasteiger partial charge in [0.25, 0.3) is 5.91 Å². The second-order valence-electron chi connectivity index (χ2n) is 7.41. The molecule has 0 aromatic rings. The zero-order valence-corrected chi connectivity index (χ0v) is 16.4. The van der Waals surface area contributed by atoms with Crippen molar-refractivity contribution in [2.75, 3.05) is 75.2 Å². The van der Waals surface area contributed by atoms with Crippen LogP contribution >= 0.6 is 7.82 Å².